The number of oxime groups is 1. The molecule has 1 atom stereocenters. The van der Waals surface area contributed by atoms with E-state index in [0.717, 1.165) is 61.5 Å². The predicted molar refractivity (Wildman–Crippen MR) is 135 cm³/mol. The topological polar surface area (TPSA) is 61.4 Å². The Morgan fingerprint density at radius 1 is 1.09 bits per heavy atom. The molecule has 1 saturated heterocycles. The Kier molecular flexibility index (Phi) is 6.73. The van der Waals surface area contributed by atoms with Gasteiger partial charge in [0.15, 0.2) is 5.76 Å². The summed E-state index contributed by atoms with van der Waals surface area (Å²) in [7, 11) is 2.13. The van der Waals surface area contributed by atoms with Crippen molar-refractivity contribution in [3.8, 4) is 0 Å². The zero-order chi connectivity index (χ0) is 23.5. The van der Waals surface area contributed by atoms with Crippen LogP contribution in [-0.2, 0) is 10.3 Å². The van der Waals surface area contributed by atoms with Crippen molar-refractivity contribution in [1.82, 2.24) is 9.80 Å². The second-order valence-corrected chi connectivity index (χ2v) is 10.2. The number of aliphatic hydroxyl groups excluding tert-OH is 1. The predicted octanol–water partition coefficient (Wildman–Crippen LogP) is 4.13. The number of nitrogens with zero attached hydrogens (tertiary/aromatic N) is 3. The first-order chi connectivity index (χ1) is 16.5. The average Bonchev–Trinajstić information content (AvgIpc) is 3.26. The lowest BCUT2D eigenvalue weighted by atomic mass is 9.58. The molecule has 1 N–H and O–H groups in total. The lowest BCUT2D eigenvalue weighted by Gasteiger charge is -2.45. The van der Waals surface area contributed by atoms with Gasteiger partial charge >= 0.3 is 0 Å². The van der Waals surface area contributed by atoms with Gasteiger partial charge < -0.3 is 19.3 Å². The Hall–Kier alpha value is -2.67. The summed E-state index contributed by atoms with van der Waals surface area (Å²) in [6, 6.07) is 20.8. The first-order valence-corrected chi connectivity index (χ1v) is 12.3. The molecule has 1 aliphatic heterocycles. The highest BCUT2D eigenvalue weighted by Gasteiger charge is 2.45. The van der Waals surface area contributed by atoms with Gasteiger partial charge in [0.2, 0.25) is 0 Å². The molecule has 1 aromatic heterocycles. The molecule has 2 fully saturated rings. The normalized spacial score (nSPS) is 25.3. The van der Waals surface area contributed by atoms with Crippen molar-refractivity contribution in [3.05, 3.63) is 72.0 Å². The number of hydrogen-bond donors (Lipinski definition) is 1. The third-order valence-electron chi connectivity index (χ3n) is 7.42. The second kappa shape index (κ2) is 9.90. The molecule has 0 bridgehead atoms. The van der Waals surface area contributed by atoms with Crippen LogP contribution in [0.25, 0.3) is 11.0 Å². The summed E-state index contributed by atoms with van der Waals surface area (Å²) in [5.41, 5.74) is 3.18. The van der Waals surface area contributed by atoms with Gasteiger partial charge in [-0.15, -0.1) is 0 Å². The van der Waals surface area contributed by atoms with Gasteiger partial charge in [-0.25, -0.2) is 0 Å². The van der Waals surface area contributed by atoms with Gasteiger partial charge in [0.1, 0.15) is 24.0 Å². The molecule has 1 saturated carbocycles. The summed E-state index contributed by atoms with van der Waals surface area (Å²) in [5, 5.41) is 16.1. The summed E-state index contributed by atoms with van der Waals surface area (Å²) in [6.07, 6.45) is 1.40. The Balaban J connectivity index is 1.28. The molecule has 6 heteroatoms. The Labute approximate surface area is 201 Å². The van der Waals surface area contributed by atoms with E-state index in [1.807, 2.05) is 18.2 Å². The van der Waals surface area contributed by atoms with Crippen molar-refractivity contribution in [1.29, 1.82) is 0 Å². The molecule has 5 rings (SSSR count). The third-order valence-corrected chi connectivity index (χ3v) is 7.42. The number of β-amino-alcohol motifs (C(OH)–C–C–N with tert-alkyl or cyclic N) is 1. The standard InChI is InChI=1S/C28H35N3O3/c1-28(23-9-4-3-5-10-23)17-22(18-28)27(26-16-21-8-6-7-11-25(21)34-26)29-33-20-24(32)19-31-14-12-30(2)13-15-31/h3-11,16,22,24,32H,12-15,17-20H2,1-2H3/b29-27+. The van der Waals surface area contributed by atoms with Crippen LogP contribution in [0.2, 0.25) is 0 Å². The first-order valence-electron chi connectivity index (χ1n) is 12.3. The SMILES string of the molecule is CN1CCN(CC(O)CO/N=C(/c2cc3ccccc3o2)C2CC(C)(c3ccccc3)C2)CC1. The molecular formula is C28H35N3O3. The van der Waals surface area contributed by atoms with Gasteiger partial charge in [-0.3, -0.25) is 4.90 Å². The molecule has 6 nitrogen and oxygen atoms in total. The van der Waals surface area contributed by atoms with Gasteiger partial charge in [-0.2, -0.15) is 0 Å². The average molecular weight is 462 g/mol. The van der Waals surface area contributed by atoms with Crippen molar-refractivity contribution in [2.45, 2.75) is 31.3 Å². The highest BCUT2D eigenvalue weighted by atomic mass is 16.6. The number of rotatable bonds is 8. The maximum atomic E-state index is 10.5. The van der Waals surface area contributed by atoms with Gasteiger partial charge in [-0.1, -0.05) is 60.6 Å². The maximum absolute atomic E-state index is 10.5. The van der Waals surface area contributed by atoms with E-state index in [4.69, 9.17) is 9.25 Å². The van der Waals surface area contributed by atoms with E-state index < -0.39 is 6.10 Å². The van der Waals surface area contributed by atoms with Gasteiger partial charge in [0.05, 0.1) is 0 Å². The van der Waals surface area contributed by atoms with Crippen LogP contribution in [0.15, 0.2) is 70.2 Å². The molecule has 2 aromatic carbocycles. The van der Waals surface area contributed by atoms with Crippen molar-refractivity contribution in [3.63, 3.8) is 0 Å². The number of benzene rings is 2. The zero-order valence-corrected chi connectivity index (χ0v) is 20.2. The minimum absolute atomic E-state index is 0.125. The van der Waals surface area contributed by atoms with Crippen LogP contribution in [0.1, 0.15) is 31.1 Å². The summed E-state index contributed by atoms with van der Waals surface area (Å²) < 4.78 is 6.16. The van der Waals surface area contributed by atoms with Crippen LogP contribution < -0.4 is 0 Å². The smallest absolute Gasteiger partial charge is 0.153 e. The minimum atomic E-state index is -0.569. The highest BCUT2D eigenvalue weighted by molar-refractivity contribution is 6.03. The van der Waals surface area contributed by atoms with E-state index in [1.165, 1.54) is 5.56 Å². The van der Waals surface area contributed by atoms with Crippen molar-refractivity contribution in [2.75, 3.05) is 46.4 Å². The van der Waals surface area contributed by atoms with Crippen LogP contribution in [-0.4, -0.2) is 73.1 Å². The van der Waals surface area contributed by atoms with Crippen LogP contribution >= 0.6 is 0 Å². The summed E-state index contributed by atoms with van der Waals surface area (Å²) in [4.78, 5) is 10.3. The van der Waals surface area contributed by atoms with Crippen LogP contribution in [0.4, 0.5) is 0 Å². The molecule has 3 aromatic rings. The fraction of sp³-hybridized carbons (Fsp3) is 0.464. The van der Waals surface area contributed by atoms with E-state index in [1.54, 1.807) is 0 Å². The Bertz CT molecular complexity index is 1080. The number of aliphatic hydroxyl groups is 1. The van der Waals surface area contributed by atoms with E-state index in [0.29, 0.717) is 6.54 Å². The van der Waals surface area contributed by atoms with E-state index in [9.17, 15) is 5.11 Å². The van der Waals surface area contributed by atoms with Crippen molar-refractivity contribution >= 4 is 16.7 Å². The fourth-order valence-electron chi connectivity index (χ4n) is 5.30. The first kappa shape index (κ1) is 23.1. The number of hydrogen-bond acceptors (Lipinski definition) is 6. The zero-order valence-electron chi connectivity index (χ0n) is 20.2. The van der Waals surface area contributed by atoms with E-state index >= 15 is 0 Å². The molecule has 0 spiro atoms. The number of fused-ring (bicyclic) bond motifs is 1. The van der Waals surface area contributed by atoms with Crippen LogP contribution in [0.5, 0.6) is 0 Å². The van der Waals surface area contributed by atoms with Gasteiger partial charge in [0, 0.05) is 44.0 Å². The monoisotopic (exact) mass is 461 g/mol. The molecule has 2 aliphatic rings. The molecule has 1 unspecified atom stereocenters. The van der Waals surface area contributed by atoms with E-state index in [-0.39, 0.29) is 17.9 Å². The molecule has 0 radical (unpaired) electrons. The van der Waals surface area contributed by atoms with Gasteiger partial charge in [-0.05, 0) is 43.0 Å². The third kappa shape index (κ3) is 5.04. The summed E-state index contributed by atoms with van der Waals surface area (Å²) >= 11 is 0. The number of piperazine rings is 1. The molecule has 2 heterocycles. The number of para-hydroxylation sites is 1. The summed E-state index contributed by atoms with van der Waals surface area (Å²) in [5.74, 6) is 1.01. The highest BCUT2D eigenvalue weighted by Crippen LogP contribution is 2.49. The Morgan fingerprint density at radius 3 is 2.53 bits per heavy atom. The molecule has 0 amide bonds. The quantitative estimate of drug-likeness (QED) is 0.404. The molecule has 1 aliphatic carbocycles. The maximum Gasteiger partial charge on any atom is 0.153 e. The van der Waals surface area contributed by atoms with Crippen LogP contribution in [0, 0.1) is 5.92 Å². The summed E-state index contributed by atoms with van der Waals surface area (Å²) in [6.45, 7) is 7.11. The lowest BCUT2D eigenvalue weighted by molar-refractivity contribution is 0.00982. The van der Waals surface area contributed by atoms with E-state index in [2.05, 4.69) is 71.4 Å². The number of likely N-dealkylation sites (N-methyl/N-ethyl adjacent to an activating group) is 1. The van der Waals surface area contributed by atoms with Crippen molar-refractivity contribution in [2.24, 2.45) is 11.1 Å². The minimum Gasteiger partial charge on any atom is -0.455 e. The largest absolute Gasteiger partial charge is 0.455 e. The van der Waals surface area contributed by atoms with Gasteiger partial charge in [0.25, 0.3) is 0 Å². The van der Waals surface area contributed by atoms with Crippen LogP contribution in [0.3, 0.4) is 0 Å². The molecular weight excluding hydrogens is 426 g/mol. The lowest BCUT2D eigenvalue weighted by Crippen LogP contribution is -2.47. The molecule has 34 heavy (non-hydrogen) atoms. The molecule has 180 valence electrons. The fourth-order valence-corrected chi connectivity index (χ4v) is 5.30. The Morgan fingerprint density at radius 2 is 1.79 bits per heavy atom. The van der Waals surface area contributed by atoms with Crippen molar-refractivity contribution < 1.29 is 14.4 Å². The second-order valence-electron chi connectivity index (χ2n) is 10.2. The number of furan rings is 1.